The Hall–Kier alpha value is -2.48. The summed E-state index contributed by atoms with van der Waals surface area (Å²) in [5.74, 6) is 4.25. The van der Waals surface area contributed by atoms with E-state index in [9.17, 15) is 0 Å². The van der Waals surface area contributed by atoms with Crippen LogP contribution in [-0.4, -0.2) is 59.6 Å². The van der Waals surface area contributed by atoms with E-state index in [4.69, 9.17) is 23.9 Å². The van der Waals surface area contributed by atoms with E-state index in [1.165, 1.54) is 0 Å². The van der Waals surface area contributed by atoms with Crippen molar-refractivity contribution in [1.82, 2.24) is 19.9 Å². The minimum absolute atomic E-state index is 0. The number of nitrogens with one attached hydrogen (secondary N) is 2. The van der Waals surface area contributed by atoms with Crippen LogP contribution in [0.3, 0.4) is 0 Å². The molecule has 6 rings (SSSR count). The van der Waals surface area contributed by atoms with Crippen LogP contribution in [0, 0.1) is 27.2 Å². The minimum atomic E-state index is 0. The van der Waals surface area contributed by atoms with Crippen molar-refractivity contribution in [2.45, 2.75) is 61.3 Å². The number of fused-ring (bicyclic) bond motifs is 4. The maximum Gasteiger partial charge on any atom is 3.00 e. The first-order valence-corrected chi connectivity index (χ1v) is 17.0. The molecule has 8 nitrogen and oxygen atoms in total. The molecule has 0 saturated carbocycles. The molecule has 0 fully saturated rings. The van der Waals surface area contributed by atoms with E-state index in [0.717, 1.165) is 67.7 Å². The van der Waals surface area contributed by atoms with Crippen molar-refractivity contribution in [1.29, 1.82) is 0 Å². The van der Waals surface area contributed by atoms with Crippen LogP contribution < -0.4 is 9.47 Å². The van der Waals surface area contributed by atoms with Crippen molar-refractivity contribution in [3.05, 3.63) is 93.7 Å². The Balaban J connectivity index is 0.00000302. The normalized spacial score (nSPS) is 13.0. The number of hydrogen-bond donors (Lipinski definition) is 2. The van der Waals surface area contributed by atoms with Gasteiger partial charge >= 0.3 is 32.7 Å². The summed E-state index contributed by atoms with van der Waals surface area (Å²) < 4.78 is 24.1. The van der Waals surface area contributed by atoms with Crippen molar-refractivity contribution in [3.63, 3.8) is 0 Å². The first-order valence-electron chi connectivity index (χ1n) is 17.0. The van der Waals surface area contributed by atoms with Crippen LogP contribution in [0.25, 0.3) is 44.5 Å². The second-order valence-corrected chi connectivity index (χ2v) is 11.2. The van der Waals surface area contributed by atoms with Crippen molar-refractivity contribution < 1.29 is 72.7 Å². The third kappa shape index (κ3) is 12.6. The number of benzene rings is 3. The maximum atomic E-state index is 6.37. The topological polar surface area (TPSA) is 94.3 Å². The molecule has 0 spiro atoms. The van der Waals surface area contributed by atoms with Crippen LogP contribution in [0.4, 0.5) is 0 Å². The van der Waals surface area contributed by atoms with Gasteiger partial charge in [0.15, 0.2) is 0 Å². The average Bonchev–Trinajstić information content (AvgIpc) is 3.77. The van der Waals surface area contributed by atoms with Crippen LogP contribution in [-0.2, 0) is 63.2 Å². The first kappa shape index (κ1) is 48.5. The minimum Gasteiger partial charge on any atom is -0.491 e. The van der Waals surface area contributed by atoms with Crippen LogP contribution in [0.5, 0.6) is 11.5 Å². The number of ether oxygens (including phenoxy) is 4. The predicted molar refractivity (Wildman–Crippen MR) is 205 cm³/mol. The number of nitrogens with zero attached hydrogens (tertiary/aromatic N) is 2. The monoisotopic (exact) mass is 942 g/mol. The molecule has 1 aliphatic heterocycles. The van der Waals surface area contributed by atoms with Gasteiger partial charge in [0.2, 0.25) is 0 Å². The van der Waals surface area contributed by atoms with Gasteiger partial charge in [-0.05, 0) is 59.3 Å². The number of imidazole rings is 2. The van der Waals surface area contributed by atoms with Gasteiger partial charge < -0.3 is 50.2 Å². The molecule has 2 N–H and O–H groups in total. The Morgan fingerprint density at radius 2 is 1.20 bits per heavy atom. The molecule has 0 saturated heterocycles. The second-order valence-electron chi connectivity index (χ2n) is 11.2. The summed E-state index contributed by atoms with van der Waals surface area (Å²) in [6, 6.07) is 18.9. The number of aromatic nitrogens is 4. The van der Waals surface area contributed by atoms with Crippen LogP contribution in [0.2, 0.25) is 0 Å². The summed E-state index contributed by atoms with van der Waals surface area (Å²) in [7, 11) is 0. The Labute approximate surface area is 346 Å². The zero-order valence-electron chi connectivity index (χ0n) is 32.3. The molecule has 2 aromatic heterocycles. The fourth-order valence-electron chi connectivity index (χ4n) is 5.19. The summed E-state index contributed by atoms with van der Waals surface area (Å²) in [5.41, 5.74) is 7.98. The second kappa shape index (κ2) is 24.7. The van der Waals surface area contributed by atoms with Crippen LogP contribution >= 0.6 is 0 Å². The van der Waals surface area contributed by atoms with Gasteiger partial charge in [0.1, 0.15) is 30.5 Å². The molecule has 0 radical (unpaired) electrons. The summed E-state index contributed by atoms with van der Waals surface area (Å²) in [4.78, 5) is 16.2. The van der Waals surface area contributed by atoms with E-state index in [1.54, 1.807) is 0 Å². The average molecular weight is 943 g/mol. The fourth-order valence-corrected chi connectivity index (χ4v) is 5.19. The number of rotatable bonds is 5. The van der Waals surface area contributed by atoms with Crippen molar-refractivity contribution in [2.24, 2.45) is 5.92 Å². The van der Waals surface area contributed by atoms with E-state index in [-0.39, 0.29) is 68.6 Å². The molecule has 274 valence electrons. The molecule has 0 bridgehead atoms. The zero-order chi connectivity index (χ0) is 33.8. The molecule has 1 aliphatic rings. The molecule has 3 aromatic carbocycles. The van der Waals surface area contributed by atoms with E-state index in [0.29, 0.717) is 51.5 Å². The summed E-state index contributed by atoms with van der Waals surface area (Å²) in [6.45, 7) is 19.4. The van der Waals surface area contributed by atoms with Crippen LogP contribution in [0.15, 0.2) is 60.8 Å². The molecule has 0 amide bonds. The predicted octanol–water partition coefficient (Wildman–Crippen LogP) is 10.4. The maximum absolute atomic E-state index is 6.37. The van der Waals surface area contributed by atoms with Gasteiger partial charge in [0.05, 0.1) is 43.2 Å². The Morgan fingerprint density at radius 1 is 0.686 bits per heavy atom. The van der Waals surface area contributed by atoms with Crippen LogP contribution in [0.1, 0.15) is 73.0 Å². The molecule has 1 atom stereocenters. The van der Waals surface area contributed by atoms with Crippen molar-refractivity contribution in [2.75, 3.05) is 39.6 Å². The van der Waals surface area contributed by atoms with Gasteiger partial charge in [0, 0.05) is 49.9 Å². The summed E-state index contributed by atoms with van der Waals surface area (Å²) in [6.07, 6.45) is 3.79. The van der Waals surface area contributed by atoms with Gasteiger partial charge in [-0.15, -0.1) is 0 Å². The summed E-state index contributed by atoms with van der Waals surface area (Å²) >= 11 is 0. The van der Waals surface area contributed by atoms with E-state index in [2.05, 4.69) is 90.3 Å². The molecule has 51 heavy (non-hydrogen) atoms. The standard InChI is InChI=1S/C35H39N4O4.2C2H6.2CH3.W.Y/c1-5-34-36-21-31(37-34)26-7-10-28-27-9-6-25(24-8-11-29-30(18-24)39-35(38-29)23(4)22(2)3)19-32(27)42-16-14-40-12-13-41-15-17-43-33(28)20-26;2*1-2;;;;/h5-11,18-23H,12-17H2,1-4H3,(H,36,37)(H,38,39);2*1-2H3;2*1H3;;/q-1;;;2*-1;;+3/t23-;;;;;;/m1....../s1. The molecule has 3 heterocycles. The number of hydrogen-bond acceptors (Lipinski definition) is 6. The van der Waals surface area contributed by atoms with Gasteiger partial charge in [-0.3, -0.25) is 4.98 Å². The summed E-state index contributed by atoms with van der Waals surface area (Å²) in [5, 5.41) is 0. The smallest absolute Gasteiger partial charge is 0.491 e. The van der Waals surface area contributed by atoms with E-state index < -0.39 is 0 Å². The Morgan fingerprint density at radius 3 is 1.75 bits per heavy atom. The van der Waals surface area contributed by atoms with Gasteiger partial charge in [-0.1, -0.05) is 66.7 Å². The molecular weight excluding hydrogens is 885 g/mol. The third-order valence-corrected chi connectivity index (χ3v) is 8.04. The number of aromatic amines is 2. The molecule has 0 unspecified atom stereocenters. The van der Waals surface area contributed by atoms with Crippen molar-refractivity contribution in [3.8, 4) is 45.0 Å². The fraction of sp³-hybridized carbons (Fsp3) is 0.390. The molecule has 10 heteroatoms. The number of H-pyrrole nitrogens is 2. The SMILES string of the molecule is CC.CC.C[CH-]c1ncc(-c2ccc3c(c2)OCCOCCOCCOc2cc(-c4ccc5nc([C@H](C)C(C)C)[nH]c5c4)ccc2-3)[nH]1.[CH3-].[CH3-].[W].[Y+3]. The molecule has 0 aliphatic carbocycles. The Bertz CT molecular complexity index is 1700. The van der Waals surface area contributed by atoms with E-state index in [1.807, 2.05) is 47.2 Å². The van der Waals surface area contributed by atoms with E-state index >= 15 is 0 Å². The molecule has 5 aromatic rings. The van der Waals surface area contributed by atoms with Crippen molar-refractivity contribution >= 4 is 11.0 Å². The zero-order valence-corrected chi connectivity index (χ0v) is 38.0. The largest absolute Gasteiger partial charge is 3.00 e. The van der Waals surface area contributed by atoms with Gasteiger partial charge in [0.25, 0.3) is 0 Å². The first-order chi connectivity index (χ1) is 23.0. The van der Waals surface area contributed by atoms with Gasteiger partial charge in [-0.25, -0.2) is 4.98 Å². The Kier molecular flexibility index (Phi) is 23.5. The molecular formula is C41H57N4O4WY. The van der Waals surface area contributed by atoms with Gasteiger partial charge in [-0.2, -0.15) is 6.92 Å². The third-order valence-electron chi connectivity index (χ3n) is 8.04. The quantitative estimate of drug-likeness (QED) is 0.171.